The van der Waals surface area contributed by atoms with Gasteiger partial charge in [0.15, 0.2) is 0 Å². The van der Waals surface area contributed by atoms with Crippen LogP contribution in [0.4, 0.5) is 23.7 Å². The van der Waals surface area contributed by atoms with E-state index in [-0.39, 0.29) is 6.61 Å². The van der Waals surface area contributed by atoms with E-state index >= 15 is 0 Å². The number of aliphatic hydroxyl groups is 1. The Kier molecular flexibility index (Phi) is 9.04. The van der Waals surface area contributed by atoms with Gasteiger partial charge in [0.25, 0.3) is 0 Å². The molecule has 1 aromatic carbocycles. The van der Waals surface area contributed by atoms with Crippen LogP contribution in [-0.2, 0) is 11.4 Å². The number of hydrogen-bond donors (Lipinski definition) is 3. The summed E-state index contributed by atoms with van der Waals surface area (Å²) in [5, 5.41) is 14.9. The summed E-state index contributed by atoms with van der Waals surface area (Å²) in [6.07, 6.45) is -0.905. The van der Waals surface area contributed by atoms with Gasteiger partial charge in [0, 0.05) is 44.1 Å². The maximum absolute atomic E-state index is 12.3. The number of rotatable bonds is 11. The van der Waals surface area contributed by atoms with Gasteiger partial charge in [-0.3, -0.25) is 9.24 Å². The number of hydrogen-bond acceptors (Lipinski definition) is 6. The number of carbonyl (C=O) groups is 1. The summed E-state index contributed by atoms with van der Waals surface area (Å²) in [4.78, 5) is 23.9. The van der Waals surface area contributed by atoms with E-state index in [0.717, 1.165) is 22.5 Å². The maximum Gasteiger partial charge on any atom is 0.405 e. The van der Waals surface area contributed by atoms with E-state index in [1.807, 2.05) is 47.8 Å². The van der Waals surface area contributed by atoms with Crippen molar-refractivity contribution in [3.8, 4) is 11.3 Å². The van der Waals surface area contributed by atoms with Crippen LogP contribution < -0.4 is 10.6 Å². The highest BCUT2D eigenvalue weighted by atomic mass is 19.4. The molecule has 0 aliphatic rings. The average molecular weight is 495 g/mol. The molecule has 35 heavy (non-hydrogen) atoms. The van der Waals surface area contributed by atoms with Crippen molar-refractivity contribution in [2.75, 3.05) is 52.3 Å². The van der Waals surface area contributed by atoms with Crippen molar-refractivity contribution in [3.63, 3.8) is 0 Å². The lowest BCUT2D eigenvalue weighted by atomic mass is 10.1. The molecule has 0 radical (unpaired) electrons. The van der Waals surface area contributed by atoms with E-state index in [1.54, 1.807) is 34.8 Å². The smallest absolute Gasteiger partial charge is 0.395 e. The topological polar surface area (TPSA) is 94.4 Å². The molecule has 0 unspecified atom stereocenters. The molecular formula is C23H29F3N6O3. The molecule has 190 valence electrons. The van der Waals surface area contributed by atoms with Crippen LogP contribution >= 0.6 is 0 Å². The number of pyridine rings is 1. The quantitative estimate of drug-likeness (QED) is 0.355. The highest BCUT2D eigenvalue weighted by Gasteiger charge is 2.27. The minimum absolute atomic E-state index is 0.108. The van der Waals surface area contributed by atoms with E-state index in [1.165, 1.54) is 0 Å². The van der Waals surface area contributed by atoms with Crippen LogP contribution in [-0.4, -0.2) is 83.6 Å². The molecule has 3 rings (SSSR count). The average Bonchev–Trinajstić information content (AvgIpc) is 3.21. The molecule has 2 heterocycles. The third-order valence-corrected chi connectivity index (χ3v) is 5.11. The number of aromatic nitrogens is 2. The molecule has 2 aromatic heterocycles. The monoisotopic (exact) mass is 494 g/mol. The molecule has 9 nitrogen and oxygen atoms in total. The largest absolute Gasteiger partial charge is 0.405 e. The lowest BCUT2D eigenvalue weighted by Crippen LogP contribution is -2.36. The number of urea groups is 1. The predicted molar refractivity (Wildman–Crippen MR) is 126 cm³/mol. The van der Waals surface area contributed by atoms with Gasteiger partial charge < -0.3 is 20.6 Å². The van der Waals surface area contributed by atoms with Crippen LogP contribution in [0.15, 0.2) is 48.8 Å². The van der Waals surface area contributed by atoms with E-state index < -0.39 is 18.8 Å². The summed E-state index contributed by atoms with van der Waals surface area (Å²) in [6.45, 7) is 1.05. The van der Waals surface area contributed by atoms with E-state index in [9.17, 15) is 18.0 Å². The molecule has 3 N–H and O–H groups in total. The van der Waals surface area contributed by atoms with Crippen molar-refractivity contribution in [1.82, 2.24) is 24.7 Å². The molecule has 3 aromatic rings. The highest BCUT2D eigenvalue weighted by Crippen LogP contribution is 2.24. The molecule has 0 saturated carbocycles. The van der Waals surface area contributed by atoms with Crippen LogP contribution in [0.3, 0.4) is 0 Å². The summed E-state index contributed by atoms with van der Waals surface area (Å²) < 4.78 is 38.8. The van der Waals surface area contributed by atoms with Crippen LogP contribution in [0.1, 0.15) is 5.56 Å². The number of alkyl halides is 3. The number of nitrogens with one attached hydrogen (secondary N) is 2. The third-order valence-electron chi connectivity index (χ3n) is 5.11. The number of amides is 2. The molecule has 0 aliphatic carbocycles. The van der Waals surface area contributed by atoms with Crippen molar-refractivity contribution in [1.29, 1.82) is 0 Å². The predicted octanol–water partition coefficient (Wildman–Crippen LogP) is 2.97. The van der Waals surface area contributed by atoms with Crippen molar-refractivity contribution in [2.45, 2.75) is 12.7 Å². The number of benzene rings is 1. The standard InChI is InChI=1S/C23H29F3N6O3/c1-30(8-10-33)9-11-35-31(2)15-17-6-7-32-20(14-27-21(32)12-17)18-4-3-5-19(13-18)29-22(34)28-16-23(24,25)26/h3-7,12-14,33H,8-11,15-16H2,1-2H3,(H2,28,29,34). The van der Waals surface area contributed by atoms with E-state index in [0.29, 0.717) is 31.9 Å². The Balaban J connectivity index is 1.63. The van der Waals surface area contributed by atoms with Crippen molar-refractivity contribution in [2.24, 2.45) is 0 Å². The van der Waals surface area contributed by atoms with Gasteiger partial charge in [0.05, 0.1) is 25.1 Å². The fourth-order valence-corrected chi connectivity index (χ4v) is 3.38. The Labute approximate surface area is 201 Å². The first-order valence-corrected chi connectivity index (χ1v) is 11.0. The minimum Gasteiger partial charge on any atom is -0.395 e. The lowest BCUT2D eigenvalue weighted by molar-refractivity contribution is -0.149. The third kappa shape index (κ3) is 8.21. The molecule has 0 atom stereocenters. The number of carbonyl (C=O) groups excluding carboxylic acids is 1. The zero-order valence-electron chi connectivity index (χ0n) is 19.5. The van der Waals surface area contributed by atoms with Gasteiger partial charge in [-0.05, 0) is 36.9 Å². The van der Waals surface area contributed by atoms with Gasteiger partial charge in [-0.25, -0.2) is 9.78 Å². The first-order chi connectivity index (χ1) is 16.6. The Bertz CT molecular complexity index is 1120. The maximum atomic E-state index is 12.3. The van der Waals surface area contributed by atoms with Gasteiger partial charge in [-0.15, -0.1) is 0 Å². The number of hydroxylamine groups is 2. The highest BCUT2D eigenvalue weighted by molar-refractivity contribution is 5.90. The van der Waals surface area contributed by atoms with Gasteiger partial charge in [-0.2, -0.15) is 18.2 Å². The lowest BCUT2D eigenvalue weighted by Gasteiger charge is -2.20. The fraction of sp³-hybridized carbons (Fsp3) is 0.391. The Morgan fingerprint density at radius 3 is 2.74 bits per heavy atom. The summed E-state index contributed by atoms with van der Waals surface area (Å²) in [7, 11) is 3.76. The first kappa shape index (κ1) is 26.4. The zero-order chi connectivity index (χ0) is 25.4. The fourth-order valence-electron chi connectivity index (χ4n) is 3.38. The number of nitrogens with zero attached hydrogens (tertiary/aromatic N) is 4. The number of aliphatic hydroxyl groups excluding tert-OH is 1. The van der Waals surface area contributed by atoms with E-state index in [2.05, 4.69) is 10.3 Å². The van der Waals surface area contributed by atoms with Crippen LogP contribution in [0.2, 0.25) is 0 Å². The second-order valence-electron chi connectivity index (χ2n) is 8.06. The molecule has 12 heteroatoms. The zero-order valence-corrected chi connectivity index (χ0v) is 19.5. The summed E-state index contributed by atoms with van der Waals surface area (Å²) in [5.74, 6) is 0. The minimum atomic E-state index is -4.48. The first-order valence-electron chi connectivity index (χ1n) is 11.0. The SMILES string of the molecule is CN(CCO)CCON(C)Cc1ccn2c(-c3cccc(NC(=O)NCC(F)(F)F)c3)cnc2c1. The molecule has 0 saturated heterocycles. The van der Waals surface area contributed by atoms with Crippen LogP contribution in [0.25, 0.3) is 16.9 Å². The number of halogens is 3. The Hall–Kier alpha value is -3.19. The molecule has 0 fully saturated rings. The van der Waals surface area contributed by atoms with Crippen molar-refractivity contribution in [3.05, 3.63) is 54.4 Å². The normalized spacial score (nSPS) is 12.0. The number of fused-ring (bicyclic) bond motifs is 1. The molecule has 0 aliphatic heterocycles. The van der Waals surface area contributed by atoms with Crippen LogP contribution in [0.5, 0.6) is 0 Å². The van der Waals surface area contributed by atoms with Gasteiger partial charge in [0.1, 0.15) is 12.2 Å². The molecule has 0 spiro atoms. The summed E-state index contributed by atoms with van der Waals surface area (Å²) >= 11 is 0. The van der Waals surface area contributed by atoms with Gasteiger partial charge >= 0.3 is 12.2 Å². The second kappa shape index (κ2) is 12.0. The summed E-state index contributed by atoms with van der Waals surface area (Å²) in [5.41, 5.74) is 3.58. The van der Waals surface area contributed by atoms with Gasteiger partial charge in [-0.1, -0.05) is 12.1 Å². The summed E-state index contributed by atoms with van der Waals surface area (Å²) in [6, 6.07) is 9.73. The Morgan fingerprint density at radius 2 is 2.00 bits per heavy atom. The van der Waals surface area contributed by atoms with Crippen LogP contribution in [0, 0.1) is 0 Å². The Morgan fingerprint density at radius 1 is 1.20 bits per heavy atom. The molecular weight excluding hydrogens is 465 g/mol. The number of anilines is 1. The van der Waals surface area contributed by atoms with Crippen molar-refractivity contribution < 1.29 is 27.9 Å². The molecule has 0 bridgehead atoms. The number of likely N-dealkylation sites (N-methyl/N-ethyl adjacent to an activating group) is 1. The van der Waals surface area contributed by atoms with E-state index in [4.69, 9.17) is 9.94 Å². The molecule has 2 amide bonds. The van der Waals surface area contributed by atoms with Crippen molar-refractivity contribution >= 4 is 17.4 Å². The van der Waals surface area contributed by atoms with Gasteiger partial charge in [0.2, 0.25) is 0 Å². The second-order valence-corrected chi connectivity index (χ2v) is 8.06. The number of imidazole rings is 1.